The van der Waals surface area contributed by atoms with Gasteiger partial charge in [0.1, 0.15) is 10.7 Å². The number of nitrogens with zero attached hydrogens (tertiary/aromatic N) is 2. The number of fused-ring (bicyclic) bond motifs is 1. The van der Waals surface area contributed by atoms with Gasteiger partial charge in [0.15, 0.2) is 0 Å². The fourth-order valence-electron chi connectivity index (χ4n) is 3.16. The molecule has 1 aliphatic heterocycles. The van der Waals surface area contributed by atoms with Crippen molar-refractivity contribution < 1.29 is 8.42 Å². The van der Waals surface area contributed by atoms with Crippen molar-refractivity contribution in [2.24, 2.45) is 0 Å². The maximum Gasteiger partial charge on any atom is 0.244 e. The molecule has 0 saturated carbocycles. The minimum Gasteiger partial charge on any atom is -0.340 e. The first-order chi connectivity index (χ1) is 12.1. The van der Waals surface area contributed by atoms with Gasteiger partial charge in [-0.3, -0.25) is 0 Å². The van der Waals surface area contributed by atoms with Gasteiger partial charge in [-0.1, -0.05) is 36.4 Å². The lowest BCUT2D eigenvalue weighted by Crippen LogP contribution is -2.27. The molecule has 6 heteroatoms. The maximum absolute atomic E-state index is 12.5. The van der Waals surface area contributed by atoms with Gasteiger partial charge in [-0.05, 0) is 36.4 Å². The first-order valence-electron chi connectivity index (χ1n) is 8.36. The summed E-state index contributed by atoms with van der Waals surface area (Å²) in [5.74, 6) is 0.622. The second-order valence-electron chi connectivity index (χ2n) is 6.14. The van der Waals surface area contributed by atoms with Crippen LogP contribution < -0.4 is 5.32 Å². The molecule has 0 radical (unpaired) electrons. The topological polar surface area (TPSA) is 62.3 Å². The number of sulfonamides is 1. The van der Waals surface area contributed by atoms with Gasteiger partial charge < -0.3 is 5.32 Å². The molecular weight excluding hydrogens is 334 g/mol. The maximum atomic E-state index is 12.5. The lowest BCUT2D eigenvalue weighted by molar-refractivity contribution is 0.477. The Balaban J connectivity index is 1.60. The largest absolute Gasteiger partial charge is 0.340 e. The van der Waals surface area contributed by atoms with E-state index >= 15 is 0 Å². The van der Waals surface area contributed by atoms with E-state index < -0.39 is 10.0 Å². The third-order valence-electron chi connectivity index (χ3n) is 4.49. The van der Waals surface area contributed by atoms with Crippen molar-refractivity contribution in [3.8, 4) is 0 Å². The van der Waals surface area contributed by atoms with Gasteiger partial charge >= 0.3 is 0 Å². The average molecular weight is 353 g/mol. The Kier molecular flexibility index (Phi) is 4.15. The van der Waals surface area contributed by atoms with Gasteiger partial charge in [-0.25, -0.2) is 13.4 Å². The van der Waals surface area contributed by atoms with E-state index in [0.717, 1.165) is 29.3 Å². The Morgan fingerprint density at radius 2 is 1.68 bits per heavy atom. The van der Waals surface area contributed by atoms with Crippen LogP contribution in [0.2, 0.25) is 0 Å². The van der Waals surface area contributed by atoms with E-state index in [9.17, 15) is 8.42 Å². The Hall–Kier alpha value is -2.44. The number of nitrogens with one attached hydrogen (secondary N) is 1. The second-order valence-corrected chi connectivity index (χ2v) is 8.08. The van der Waals surface area contributed by atoms with Crippen LogP contribution in [0, 0.1) is 0 Å². The molecule has 1 aliphatic rings. The van der Waals surface area contributed by atoms with Crippen LogP contribution in [0.1, 0.15) is 12.8 Å². The fraction of sp³-hybridized carbons (Fsp3) is 0.211. The van der Waals surface area contributed by atoms with Crippen molar-refractivity contribution >= 4 is 32.3 Å². The van der Waals surface area contributed by atoms with Crippen LogP contribution in [0.25, 0.3) is 10.8 Å². The van der Waals surface area contributed by atoms with Crippen molar-refractivity contribution in [1.29, 1.82) is 0 Å². The van der Waals surface area contributed by atoms with Gasteiger partial charge in [-0.2, -0.15) is 4.31 Å². The van der Waals surface area contributed by atoms with Crippen LogP contribution in [0.4, 0.5) is 11.5 Å². The molecule has 1 aromatic heterocycles. The van der Waals surface area contributed by atoms with Crippen LogP contribution in [0.5, 0.6) is 0 Å². The summed E-state index contributed by atoms with van der Waals surface area (Å²) in [7, 11) is -3.42. The molecule has 3 aromatic rings. The van der Waals surface area contributed by atoms with Crippen molar-refractivity contribution in [1.82, 2.24) is 9.29 Å². The quantitative estimate of drug-likeness (QED) is 0.776. The van der Waals surface area contributed by atoms with E-state index in [-0.39, 0.29) is 4.90 Å². The summed E-state index contributed by atoms with van der Waals surface area (Å²) in [5, 5.41) is 5.51. The number of aromatic nitrogens is 1. The highest BCUT2D eigenvalue weighted by Gasteiger charge is 2.27. The molecular formula is C19H19N3O2S. The Labute approximate surface area is 147 Å². The molecule has 0 bridgehead atoms. The molecule has 5 nitrogen and oxygen atoms in total. The Morgan fingerprint density at radius 3 is 2.44 bits per heavy atom. The molecule has 128 valence electrons. The van der Waals surface area contributed by atoms with Crippen LogP contribution in [0.15, 0.2) is 65.7 Å². The van der Waals surface area contributed by atoms with E-state index in [4.69, 9.17) is 0 Å². The summed E-state index contributed by atoms with van der Waals surface area (Å²) >= 11 is 0. The summed E-state index contributed by atoms with van der Waals surface area (Å²) in [6.45, 7) is 1.19. The number of hydrogen-bond donors (Lipinski definition) is 1. The third kappa shape index (κ3) is 3.10. The zero-order valence-electron chi connectivity index (χ0n) is 13.7. The smallest absolute Gasteiger partial charge is 0.244 e. The molecule has 1 N–H and O–H groups in total. The van der Waals surface area contributed by atoms with E-state index in [1.807, 2.05) is 30.3 Å². The summed E-state index contributed by atoms with van der Waals surface area (Å²) in [6, 6.07) is 17.5. The monoisotopic (exact) mass is 353 g/mol. The van der Waals surface area contributed by atoms with Crippen LogP contribution >= 0.6 is 0 Å². The Bertz CT molecular complexity index is 989. The zero-order valence-corrected chi connectivity index (χ0v) is 14.5. The number of benzene rings is 2. The minimum atomic E-state index is -3.42. The number of hydrogen-bond acceptors (Lipinski definition) is 4. The fourth-order valence-corrected chi connectivity index (χ4v) is 4.62. The highest BCUT2D eigenvalue weighted by Crippen LogP contribution is 2.26. The molecule has 0 atom stereocenters. The van der Waals surface area contributed by atoms with Crippen molar-refractivity contribution in [3.05, 3.63) is 60.8 Å². The number of pyridine rings is 1. The van der Waals surface area contributed by atoms with Crippen molar-refractivity contribution in [3.63, 3.8) is 0 Å². The molecule has 2 heterocycles. The van der Waals surface area contributed by atoms with Crippen LogP contribution in [-0.2, 0) is 10.0 Å². The molecule has 0 spiro atoms. The standard InChI is InChI=1S/C19H19N3O2S/c23-25(24,22-12-3-4-13-22)16-10-11-19(20-14-16)21-18-9-5-7-15-6-1-2-8-17(15)18/h1-2,5-11,14H,3-4,12-13H2,(H,20,21). The zero-order chi connectivity index (χ0) is 17.3. The van der Waals surface area contributed by atoms with E-state index in [2.05, 4.69) is 22.4 Å². The highest BCUT2D eigenvalue weighted by molar-refractivity contribution is 7.89. The molecule has 25 heavy (non-hydrogen) atoms. The molecule has 1 saturated heterocycles. The van der Waals surface area contributed by atoms with Gasteiger partial charge in [0.25, 0.3) is 0 Å². The normalized spacial score (nSPS) is 15.5. The van der Waals surface area contributed by atoms with Crippen LogP contribution in [0.3, 0.4) is 0 Å². The summed E-state index contributed by atoms with van der Waals surface area (Å²) in [6.07, 6.45) is 3.28. The van der Waals surface area contributed by atoms with E-state index in [0.29, 0.717) is 18.9 Å². The van der Waals surface area contributed by atoms with Gasteiger partial charge in [0.05, 0.1) is 0 Å². The van der Waals surface area contributed by atoms with Gasteiger partial charge in [0, 0.05) is 30.4 Å². The first kappa shape index (κ1) is 16.1. The van der Waals surface area contributed by atoms with Crippen molar-refractivity contribution in [2.45, 2.75) is 17.7 Å². The number of anilines is 2. The summed E-state index contributed by atoms with van der Waals surface area (Å²) in [4.78, 5) is 4.55. The molecule has 2 aromatic carbocycles. The predicted octanol–water partition coefficient (Wildman–Crippen LogP) is 3.76. The predicted molar refractivity (Wildman–Crippen MR) is 99.5 cm³/mol. The van der Waals surface area contributed by atoms with Gasteiger partial charge in [-0.15, -0.1) is 0 Å². The molecule has 0 amide bonds. The van der Waals surface area contributed by atoms with E-state index in [1.165, 1.54) is 10.5 Å². The SMILES string of the molecule is O=S(=O)(c1ccc(Nc2cccc3ccccc23)nc1)N1CCCC1. The van der Waals surface area contributed by atoms with Gasteiger partial charge in [0.2, 0.25) is 10.0 Å². The minimum absolute atomic E-state index is 0.248. The average Bonchev–Trinajstić information content (AvgIpc) is 3.18. The first-order valence-corrected chi connectivity index (χ1v) is 9.80. The summed E-state index contributed by atoms with van der Waals surface area (Å²) < 4.78 is 26.6. The summed E-state index contributed by atoms with van der Waals surface area (Å²) in [5.41, 5.74) is 0.945. The molecule has 1 fully saturated rings. The molecule has 0 aliphatic carbocycles. The lowest BCUT2D eigenvalue weighted by Gasteiger charge is -2.15. The highest BCUT2D eigenvalue weighted by atomic mass is 32.2. The third-order valence-corrected chi connectivity index (χ3v) is 6.37. The van der Waals surface area contributed by atoms with E-state index in [1.54, 1.807) is 12.1 Å². The molecule has 0 unspecified atom stereocenters. The Morgan fingerprint density at radius 1 is 0.920 bits per heavy atom. The second kappa shape index (κ2) is 6.46. The lowest BCUT2D eigenvalue weighted by atomic mass is 10.1. The molecule has 4 rings (SSSR count). The van der Waals surface area contributed by atoms with Crippen molar-refractivity contribution in [2.75, 3.05) is 18.4 Å². The van der Waals surface area contributed by atoms with Crippen LogP contribution in [-0.4, -0.2) is 30.8 Å². The number of rotatable bonds is 4.